The molecule has 2 nitrogen and oxygen atoms in total. The van der Waals surface area contributed by atoms with E-state index in [4.69, 9.17) is 4.98 Å². The molecular weight excluding hydrogens is 427 g/mol. The van der Waals surface area contributed by atoms with E-state index in [-0.39, 0.29) is 0 Å². The van der Waals surface area contributed by atoms with Crippen molar-refractivity contribution in [3.8, 4) is 16.3 Å². The molecule has 2 aromatic heterocycles. The number of nitrogens with zero attached hydrogens (tertiary/aromatic N) is 2. The molecule has 0 saturated heterocycles. The van der Waals surface area contributed by atoms with Gasteiger partial charge in [0.15, 0.2) is 0 Å². The Balaban J connectivity index is 1.88. The van der Waals surface area contributed by atoms with Crippen LogP contribution in [-0.2, 0) is 0 Å². The van der Waals surface area contributed by atoms with Gasteiger partial charge in [-0.1, -0.05) is 12.1 Å². The normalized spacial score (nSPS) is 11.3. The first-order valence-electron chi connectivity index (χ1n) is 7.86. The maximum Gasteiger partial charge on any atom is 0.126 e. The van der Waals surface area contributed by atoms with Crippen LogP contribution in [0.5, 0.6) is 0 Å². The van der Waals surface area contributed by atoms with E-state index in [2.05, 4.69) is 90.4 Å². The van der Waals surface area contributed by atoms with Gasteiger partial charge in [-0.05, 0) is 85.3 Å². The molecule has 0 amide bonds. The molecule has 0 atom stereocenters. The molecule has 2 heterocycles. The summed E-state index contributed by atoms with van der Waals surface area (Å²) in [5.74, 6) is 0. The molecule has 0 aliphatic carbocycles. The summed E-state index contributed by atoms with van der Waals surface area (Å²) in [6.07, 6.45) is 0. The van der Waals surface area contributed by atoms with E-state index >= 15 is 0 Å². The molecule has 0 aliphatic rings. The first kappa shape index (κ1) is 15.8. The Hall–Kier alpha value is -1.66. The second kappa shape index (κ2) is 6.01. The van der Waals surface area contributed by atoms with Gasteiger partial charge >= 0.3 is 0 Å². The fourth-order valence-electron chi connectivity index (χ4n) is 3.13. The van der Waals surface area contributed by atoms with Gasteiger partial charge in [0.05, 0.1) is 10.2 Å². The van der Waals surface area contributed by atoms with Crippen molar-refractivity contribution in [3.63, 3.8) is 0 Å². The molecule has 0 N–H and O–H groups in total. The van der Waals surface area contributed by atoms with Crippen molar-refractivity contribution >= 4 is 44.1 Å². The van der Waals surface area contributed by atoms with Crippen LogP contribution in [0, 0.1) is 24.3 Å². The first-order valence-corrected chi connectivity index (χ1v) is 9.75. The monoisotopic (exact) mass is 444 g/mol. The Morgan fingerprint density at radius 1 is 1.00 bits per heavy atom. The zero-order chi connectivity index (χ0) is 16.8. The van der Waals surface area contributed by atoms with Gasteiger partial charge in [0.1, 0.15) is 5.01 Å². The van der Waals surface area contributed by atoms with Crippen LogP contribution in [0.25, 0.3) is 26.5 Å². The minimum atomic E-state index is 1.08. The fraction of sp³-hybridized carbons (Fsp3) is 0.150. The van der Waals surface area contributed by atoms with Crippen molar-refractivity contribution in [2.45, 2.75) is 20.8 Å². The zero-order valence-electron chi connectivity index (χ0n) is 13.8. The largest absolute Gasteiger partial charge is 0.318 e. The second-order valence-electron chi connectivity index (χ2n) is 6.04. The van der Waals surface area contributed by atoms with Gasteiger partial charge in [0, 0.05) is 26.2 Å². The van der Waals surface area contributed by atoms with Crippen LogP contribution < -0.4 is 0 Å². The minimum Gasteiger partial charge on any atom is -0.318 e. The summed E-state index contributed by atoms with van der Waals surface area (Å²) < 4.78 is 4.86. The van der Waals surface area contributed by atoms with Crippen LogP contribution in [0.3, 0.4) is 0 Å². The molecule has 4 heteroatoms. The lowest BCUT2D eigenvalue weighted by atomic mass is 10.2. The van der Waals surface area contributed by atoms with Crippen LogP contribution in [0.2, 0.25) is 0 Å². The number of fused-ring (bicyclic) bond motifs is 1. The third kappa shape index (κ3) is 2.58. The predicted molar refractivity (Wildman–Crippen MR) is 111 cm³/mol. The topological polar surface area (TPSA) is 17.8 Å². The lowest BCUT2D eigenvalue weighted by Gasteiger charge is -2.11. The Morgan fingerprint density at radius 3 is 2.54 bits per heavy atom. The summed E-state index contributed by atoms with van der Waals surface area (Å²) in [5.41, 5.74) is 7.31. The molecule has 0 spiro atoms. The standard InChI is InChI=1S/C20H17IN2S/c1-12-10-15(8-9-17(12)21)23-13(2)11-16(14(23)3)20-22-18-6-4-5-7-19(18)24-20/h4-11H,1-3H3. The van der Waals surface area contributed by atoms with E-state index < -0.39 is 0 Å². The van der Waals surface area contributed by atoms with Gasteiger partial charge in [-0.15, -0.1) is 11.3 Å². The number of rotatable bonds is 2. The summed E-state index contributed by atoms with van der Waals surface area (Å²) >= 11 is 4.14. The molecule has 0 saturated carbocycles. The average molecular weight is 444 g/mol. The molecule has 0 radical (unpaired) electrons. The number of hydrogen-bond acceptors (Lipinski definition) is 2. The highest BCUT2D eigenvalue weighted by Gasteiger charge is 2.15. The van der Waals surface area contributed by atoms with Crippen LogP contribution in [0.1, 0.15) is 17.0 Å². The van der Waals surface area contributed by atoms with E-state index in [1.807, 2.05) is 6.07 Å². The highest BCUT2D eigenvalue weighted by atomic mass is 127. The van der Waals surface area contributed by atoms with Gasteiger partial charge in [0.25, 0.3) is 0 Å². The summed E-state index contributed by atoms with van der Waals surface area (Å²) in [6, 6.07) is 17.2. The van der Waals surface area contributed by atoms with Crippen molar-refractivity contribution in [3.05, 3.63) is 69.1 Å². The van der Waals surface area contributed by atoms with Crippen molar-refractivity contribution in [1.29, 1.82) is 0 Å². The molecule has 4 aromatic rings. The van der Waals surface area contributed by atoms with Gasteiger partial charge in [0.2, 0.25) is 0 Å². The van der Waals surface area contributed by atoms with E-state index in [9.17, 15) is 0 Å². The van der Waals surface area contributed by atoms with Crippen LogP contribution in [0.4, 0.5) is 0 Å². The Morgan fingerprint density at radius 2 is 1.79 bits per heavy atom. The van der Waals surface area contributed by atoms with E-state index in [1.54, 1.807) is 11.3 Å². The number of benzene rings is 2. The zero-order valence-corrected chi connectivity index (χ0v) is 16.8. The molecule has 0 unspecified atom stereocenters. The van der Waals surface area contributed by atoms with E-state index in [1.165, 1.54) is 36.5 Å². The number of aromatic nitrogens is 2. The molecule has 0 fully saturated rings. The van der Waals surface area contributed by atoms with Crippen LogP contribution >= 0.6 is 33.9 Å². The minimum absolute atomic E-state index is 1.08. The van der Waals surface area contributed by atoms with E-state index in [0.29, 0.717) is 0 Å². The van der Waals surface area contributed by atoms with Crippen molar-refractivity contribution < 1.29 is 0 Å². The average Bonchev–Trinajstić information content (AvgIpc) is 3.11. The molecule has 120 valence electrons. The lowest BCUT2D eigenvalue weighted by Crippen LogP contribution is -2.00. The third-order valence-corrected chi connectivity index (χ3v) is 6.64. The molecule has 4 rings (SSSR count). The maximum absolute atomic E-state index is 4.83. The first-order chi connectivity index (χ1) is 11.5. The number of hydrogen-bond donors (Lipinski definition) is 0. The van der Waals surface area contributed by atoms with Crippen LogP contribution in [-0.4, -0.2) is 9.55 Å². The van der Waals surface area contributed by atoms with Gasteiger partial charge in [-0.3, -0.25) is 0 Å². The molecule has 24 heavy (non-hydrogen) atoms. The Bertz CT molecular complexity index is 1030. The summed E-state index contributed by atoms with van der Waals surface area (Å²) in [6.45, 7) is 6.51. The third-order valence-electron chi connectivity index (χ3n) is 4.36. The smallest absolute Gasteiger partial charge is 0.126 e. The van der Waals surface area contributed by atoms with E-state index in [0.717, 1.165) is 10.5 Å². The highest BCUT2D eigenvalue weighted by Crippen LogP contribution is 2.35. The Labute approximate surface area is 159 Å². The number of halogens is 1. The molecule has 0 bridgehead atoms. The summed E-state index contributed by atoms with van der Waals surface area (Å²) in [4.78, 5) is 4.83. The second-order valence-corrected chi connectivity index (χ2v) is 8.23. The number of aryl methyl sites for hydroxylation is 2. The predicted octanol–water partition coefficient (Wildman–Crippen LogP) is 6.28. The maximum atomic E-state index is 4.83. The number of thiazole rings is 1. The molecule has 2 aromatic carbocycles. The van der Waals surface area contributed by atoms with Crippen molar-refractivity contribution in [1.82, 2.24) is 9.55 Å². The van der Waals surface area contributed by atoms with Gasteiger partial charge in [-0.2, -0.15) is 0 Å². The number of para-hydroxylation sites is 1. The van der Waals surface area contributed by atoms with Crippen molar-refractivity contribution in [2.75, 3.05) is 0 Å². The Kier molecular flexibility index (Phi) is 3.96. The molecule has 0 aliphatic heterocycles. The molecular formula is C20H17IN2S. The van der Waals surface area contributed by atoms with Gasteiger partial charge in [-0.25, -0.2) is 4.98 Å². The SMILES string of the molecule is Cc1cc(-n2c(C)cc(-c3nc4ccccc4s3)c2C)ccc1I. The van der Waals surface area contributed by atoms with Crippen LogP contribution in [0.15, 0.2) is 48.5 Å². The lowest BCUT2D eigenvalue weighted by molar-refractivity contribution is 0.963. The summed E-state index contributed by atoms with van der Waals surface area (Å²) in [5, 5.41) is 1.10. The fourth-order valence-corrected chi connectivity index (χ4v) is 4.50. The quantitative estimate of drug-likeness (QED) is 0.333. The van der Waals surface area contributed by atoms with Gasteiger partial charge < -0.3 is 4.57 Å². The van der Waals surface area contributed by atoms with Crippen molar-refractivity contribution in [2.24, 2.45) is 0 Å². The highest BCUT2D eigenvalue weighted by molar-refractivity contribution is 14.1. The summed E-state index contributed by atoms with van der Waals surface area (Å²) in [7, 11) is 0.